The van der Waals surface area contributed by atoms with Gasteiger partial charge in [0.1, 0.15) is 11.4 Å². The van der Waals surface area contributed by atoms with E-state index in [0.29, 0.717) is 0 Å². The third-order valence-corrected chi connectivity index (χ3v) is 3.74. The van der Waals surface area contributed by atoms with E-state index in [-0.39, 0.29) is 23.7 Å². The molecular formula is C15H20FNO2. The highest BCUT2D eigenvalue weighted by molar-refractivity contribution is 5.79. The van der Waals surface area contributed by atoms with E-state index >= 15 is 0 Å². The minimum Gasteiger partial charge on any atom is -0.468 e. The van der Waals surface area contributed by atoms with Crippen molar-refractivity contribution in [1.29, 1.82) is 0 Å². The van der Waals surface area contributed by atoms with E-state index in [4.69, 9.17) is 4.74 Å². The first-order chi connectivity index (χ1) is 8.94. The van der Waals surface area contributed by atoms with Crippen molar-refractivity contribution in [1.82, 2.24) is 5.32 Å². The third kappa shape index (κ3) is 2.95. The van der Waals surface area contributed by atoms with E-state index in [9.17, 15) is 9.18 Å². The molecule has 1 fully saturated rings. The van der Waals surface area contributed by atoms with Crippen LogP contribution in [0.15, 0.2) is 24.3 Å². The molecule has 104 valence electrons. The summed E-state index contributed by atoms with van der Waals surface area (Å²) in [7, 11) is 1.38. The summed E-state index contributed by atoms with van der Waals surface area (Å²) in [6, 6.07) is 7.13. The number of carbonyl (C=O) groups excluding carboxylic acids is 1. The van der Waals surface area contributed by atoms with Crippen molar-refractivity contribution in [2.75, 3.05) is 7.11 Å². The fourth-order valence-corrected chi connectivity index (χ4v) is 2.62. The van der Waals surface area contributed by atoms with Crippen LogP contribution in [0, 0.1) is 5.82 Å². The fourth-order valence-electron chi connectivity index (χ4n) is 2.62. The number of esters is 1. The average Bonchev–Trinajstić information content (AvgIpc) is 2.33. The molecule has 3 nitrogen and oxygen atoms in total. The van der Waals surface area contributed by atoms with Crippen molar-refractivity contribution in [2.24, 2.45) is 0 Å². The van der Waals surface area contributed by atoms with Gasteiger partial charge in [0, 0.05) is 6.04 Å². The molecule has 19 heavy (non-hydrogen) atoms. The van der Waals surface area contributed by atoms with Crippen LogP contribution >= 0.6 is 0 Å². The van der Waals surface area contributed by atoms with Gasteiger partial charge in [-0.1, -0.05) is 18.2 Å². The van der Waals surface area contributed by atoms with Crippen LogP contribution in [0.4, 0.5) is 4.39 Å². The lowest BCUT2D eigenvalue weighted by atomic mass is 9.75. The van der Waals surface area contributed by atoms with Gasteiger partial charge in [0.05, 0.1) is 7.11 Å². The zero-order valence-corrected chi connectivity index (χ0v) is 11.6. The largest absolute Gasteiger partial charge is 0.468 e. The van der Waals surface area contributed by atoms with E-state index in [1.807, 2.05) is 12.1 Å². The number of carbonyl (C=O) groups is 1. The molecule has 0 aromatic heterocycles. The van der Waals surface area contributed by atoms with Gasteiger partial charge in [-0.2, -0.15) is 0 Å². The summed E-state index contributed by atoms with van der Waals surface area (Å²) in [5.74, 6) is -0.174. The Morgan fingerprint density at radius 1 is 1.37 bits per heavy atom. The summed E-state index contributed by atoms with van der Waals surface area (Å²) >= 11 is 0. The van der Waals surface area contributed by atoms with Crippen molar-refractivity contribution in [2.45, 2.75) is 44.2 Å². The molecule has 0 saturated heterocycles. The first-order valence-corrected chi connectivity index (χ1v) is 6.54. The molecule has 0 atom stereocenters. The second-order valence-electron chi connectivity index (χ2n) is 5.65. The Morgan fingerprint density at radius 2 is 2.00 bits per heavy atom. The molecule has 0 bridgehead atoms. The van der Waals surface area contributed by atoms with Gasteiger partial charge in [0.2, 0.25) is 0 Å². The summed E-state index contributed by atoms with van der Waals surface area (Å²) in [6.07, 6.45) is 1.70. The van der Waals surface area contributed by atoms with Gasteiger partial charge in [-0.15, -0.1) is 0 Å². The molecule has 0 radical (unpaired) electrons. The molecule has 1 aromatic carbocycles. The SMILES string of the molecule is COC(=O)C(C)(C)NC1CC(c2ccccc2F)C1. The summed E-state index contributed by atoms with van der Waals surface area (Å²) in [6.45, 7) is 3.60. The molecule has 1 aromatic rings. The van der Waals surface area contributed by atoms with E-state index in [1.54, 1.807) is 19.9 Å². The lowest BCUT2D eigenvalue weighted by Gasteiger charge is -2.40. The van der Waals surface area contributed by atoms with Crippen LogP contribution in [0.1, 0.15) is 38.2 Å². The molecule has 1 aliphatic carbocycles. The smallest absolute Gasteiger partial charge is 0.325 e. The molecule has 0 spiro atoms. The van der Waals surface area contributed by atoms with Gasteiger partial charge in [0.15, 0.2) is 0 Å². The molecule has 2 rings (SSSR count). The highest BCUT2D eigenvalue weighted by Crippen LogP contribution is 2.38. The standard InChI is InChI=1S/C15H20FNO2/c1-15(2,14(18)19-3)17-11-8-10(9-11)12-6-4-5-7-13(12)16/h4-7,10-11,17H,8-9H2,1-3H3. The maximum Gasteiger partial charge on any atom is 0.325 e. The molecule has 0 unspecified atom stereocenters. The van der Waals surface area contributed by atoms with E-state index in [2.05, 4.69) is 5.32 Å². The summed E-state index contributed by atoms with van der Waals surface area (Å²) < 4.78 is 18.4. The zero-order chi connectivity index (χ0) is 14.0. The molecule has 1 aliphatic rings. The first-order valence-electron chi connectivity index (χ1n) is 6.54. The molecule has 0 aliphatic heterocycles. The summed E-state index contributed by atoms with van der Waals surface area (Å²) in [5.41, 5.74) is 0.0796. The second-order valence-corrected chi connectivity index (χ2v) is 5.65. The predicted octanol–water partition coefficient (Wildman–Crippen LogP) is 2.61. The first kappa shape index (κ1) is 14.0. The lowest BCUT2D eigenvalue weighted by molar-refractivity contribution is -0.147. The highest BCUT2D eigenvalue weighted by atomic mass is 19.1. The molecule has 1 N–H and O–H groups in total. The minimum absolute atomic E-state index is 0.141. The van der Waals surface area contributed by atoms with Crippen LogP contribution in [0.3, 0.4) is 0 Å². The maximum atomic E-state index is 13.6. The molecule has 0 amide bonds. The van der Waals surface area contributed by atoms with Crippen LogP contribution in [-0.4, -0.2) is 24.7 Å². The van der Waals surface area contributed by atoms with E-state index < -0.39 is 5.54 Å². The summed E-state index contributed by atoms with van der Waals surface area (Å²) in [5, 5.41) is 3.27. The van der Waals surface area contributed by atoms with Crippen LogP contribution in [-0.2, 0) is 9.53 Å². The predicted molar refractivity (Wildman–Crippen MR) is 71.4 cm³/mol. The van der Waals surface area contributed by atoms with Crippen molar-refractivity contribution in [3.8, 4) is 0 Å². The number of hydrogen-bond donors (Lipinski definition) is 1. The monoisotopic (exact) mass is 265 g/mol. The van der Waals surface area contributed by atoms with Gasteiger partial charge in [-0.05, 0) is 44.2 Å². The third-order valence-electron chi connectivity index (χ3n) is 3.74. The Hall–Kier alpha value is -1.42. The van der Waals surface area contributed by atoms with Gasteiger partial charge >= 0.3 is 5.97 Å². The fraction of sp³-hybridized carbons (Fsp3) is 0.533. The Balaban J connectivity index is 1.91. The quantitative estimate of drug-likeness (QED) is 0.850. The van der Waals surface area contributed by atoms with Crippen molar-refractivity contribution < 1.29 is 13.9 Å². The Morgan fingerprint density at radius 3 is 2.58 bits per heavy atom. The molecular weight excluding hydrogens is 245 g/mol. The van der Waals surface area contributed by atoms with Crippen LogP contribution < -0.4 is 5.32 Å². The maximum absolute atomic E-state index is 13.6. The number of rotatable bonds is 4. The average molecular weight is 265 g/mol. The van der Waals surface area contributed by atoms with Crippen molar-refractivity contribution >= 4 is 5.97 Å². The number of methoxy groups -OCH3 is 1. The van der Waals surface area contributed by atoms with E-state index in [1.165, 1.54) is 13.2 Å². The Kier molecular flexibility index (Phi) is 3.90. The van der Waals surface area contributed by atoms with Crippen LogP contribution in [0.2, 0.25) is 0 Å². The van der Waals surface area contributed by atoms with E-state index in [0.717, 1.165) is 18.4 Å². The highest BCUT2D eigenvalue weighted by Gasteiger charge is 2.38. The minimum atomic E-state index is -0.695. The molecule has 4 heteroatoms. The van der Waals surface area contributed by atoms with Crippen molar-refractivity contribution in [3.63, 3.8) is 0 Å². The second kappa shape index (κ2) is 5.29. The van der Waals surface area contributed by atoms with Crippen LogP contribution in [0.5, 0.6) is 0 Å². The number of benzene rings is 1. The topological polar surface area (TPSA) is 38.3 Å². The number of halogens is 1. The van der Waals surface area contributed by atoms with Gasteiger partial charge < -0.3 is 4.74 Å². The summed E-state index contributed by atoms with van der Waals surface area (Å²) in [4.78, 5) is 11.6. The number of nitrogens with one attached hydrogen (secondary N) is 1. The normalized spacial score (nSPS) is 22.7. The molecule has 0 heterocycles. The lowest BCUT2D eigenvalue weighted by Crippen LogP contribution is -2.55. The molecule has 1 saturated carbocycles. The Bertz CT molecular complexity index is 467. The van der Waals surface area contributed by atoms with Gasteiger partial charge in [-0.25, -0.2) is 4.39 Å². The Labute approximate surface area is 113 Å². The van der Waals surface area contributed by atoms with Gasteiger partial charge in [-0.3, -0.25) is 10.1 Å². The number of hydrogen-bond acceptors (Lipinski definition) is 3. The number of ether oxygens (including phenoxy) is 1. The zero-order valence-electron chi connectivity index (χ0n) is 11.6. The van der Waals surface area contributed by atoms with Gasteiger partial charge in [0.25, 0.3) is 0 Å². The van der Waals surface area contributed by atoms with Crippen LogP contribution in [0.25, 0.3) is 0 Å². The van der Waals surface area contributed by atoms with Crippen molar-refractivity contribution in [3.05, 3.63) is 35.6 Å².